The van der Waals surface area contributed by atoms with Crippen molar-refractivity contribution in [1.29, 1.82) is 0 Å². The molecule has 4 heteroatoms. The van der Waals surface area contributed by atoms with Gasteiger partial charge in [-0.05, 0) is 0 Å². The Balaban J connectivity index is 3.10. The fourth-order valence-electron chi connectivity index (χ4n) is 0.575. The van der Waals surface area contributed by atoms with Crippen molar-refractivity contribution in [1.82, 2.24) is 0 Å². The topological polar surface area (TPSA) is 46.5 Å². The van der Waals surface area contributed by atoms with Crippen molar-refractivity contribution in [2.75, 3.05) is 0 Å². The van der Waals surface area contributed by atoms with Crippen molar-refractivity contribution in [3.8, 4) is 0 Å². The zero-order chi connectivity index (χ0) is 7.40. The van der Waals surface area contributed by atoms with Crippen molar-refractivity contribution >= 4 is 19.3 Å². The Hall–Kier alpha value is -0.861. The van der Waals surface area contributed by atoms with Crippen LogP contribution in [0.1, 0.15) is 0 Å². The molecule has 52 valence electrons. The summed E-state index contributed by atoms with van der Waals surface area (Å²) >= 11 is -3.16. The molecule has 0 aliphatic rings. The van der Waals surface area contributed by atoms with Crippen LogP contribution in [0.4, 0.5) is 5.69 Å². The van der Waals surface area contributed by atoms with E-state index in [1.165, 1.54) is 0 Å². The van der Waals surface area contributed by atoms with Crippen molar-refractivity contribution in [3.05, 3.63) is 30.3 Å². The van der Waals surface area contributed by atoms with E-state index >= 15 is 0 Å². The number of rotatable bonds is 1. The first kappa shape index (κ1) is 7.25. The zero-order valence-corrected chi connectivity index (χ0v) is 6.77. The molecule has 0 aromatic heterocycles. The second-order valence-electron chi connectivity index (χ2n) is 1.64. The molecule has 0 heterocycles. The summed E-state index contributed by atoms with van der Waals surface area (Å²) in [6.07, 6.45) is 0. The van der Waals surface area contributed by atoms with Crippen LogP contribution in [0.15, 0.2) is 34.3 Å². The van der Waals surface area contributed by atoms with E-state index in [0.717, 1.165) is 0 Å². The molecule has 0 aliphatic heterocycles. The van der Waals surface area contributed by atoms with Crippen LogP contribution < -0.4 is 0 Å². The van der Waals surface area contributed by atoms with Gasteiger partial charge in [-0.1, -0.05) is 0 Å². The molecule has 10 heavy (non-hydrogen) atoms. The standard InChI is InChI=1S/C6H5NO2Se/c8-10(9)7-6-4-2-1-3-5-6/h1-5H. The number of hydrogen-bond donors (Lipinski definition) is 0. The predicted octanol–water partition coefficient (Wildman–Crippen LogP) is 1.43. The van der Waals surface area contributed by atoms with Gasteiger partial charge in [-0.3, -0.25) is 0 Å². The van der Waals surface area contributed by atoms with Crippen LogP contribution in [0.3, 0.4) is 0 Å². The van der Waals surface area contributed by atoms with Gasteiger partial charge in [-0.25, -0.2) is 0 Å². The average molecular weight is 202 g/mol. The summed E-state index contributed by atoms with van der Waals surface area (Å²) < 4.78 is 23.6. The van der Waals surface area contributed by atoms with Gasteiger partial charge in [0.2, 0.25) is 0 Å². The summed E-state index contributed by atoms with van der Waals surface area (Å²) in [6, 6.07) is 8.59. The molecule has 0 fully saturated rings. The summed E-state index contributed by atoms with van der Waals surface area (Å²) in [7, 11) is 0. The van der Waals surface area contributed by atoms with Gasteiger partial charge in [0, 0.05) is 0 Å². The van der Waals surface area contributed by atoms with Gasteiger partial charge in [0.1, 0.15) is 0 Å². The van der Waals surface area contributed by atoms with E-state index in [-0.39, 0.29) is 0 Å². The first-order valence-corrected chi connectivity index (χ1v) is 4.82. The van der Waals surface area contributed by atoms with Crippen molar-refractivity contribution in [2.24, 2.45) is 3.96 Å². The van der Waals surface area contributed by atoms with Gasteiger partial charge in [0.25, 0.3) is 0 Å². The van der Waals surface area contributed by atoms with E-state index in [2.05, 4.69) is 3.96 Å². The Kier molecular flexibility index (Phi) is 2.42. The minimum absolute atomic E-state index is 0.498. The predicted molar refractivity (Wildman–Crippen MR) is 35.7 cm³/mol. The normalized spacial score (nSPS) is 8.80. The van der Waals surface area contributed by atoms with Crippen LogP contribution >= 0.6 is 0 Å². The summed E-state index contributed by atoms with van der Waals surface area (Å²) in [5.74, 6) is 0. The SMILES string of the molecule is O=[Se](=O)=Nc1ccccc1. The van der Waals surface area contributed by atoms with E-state index in [9.17, 15) is 7.67 Å². The zero-order valence-electron chi connectivity index (χ0n) is 5.06. The molecule has 0 spiro atoms. The van der Waals surface area contributed by atoms with Crippen LogP contribution in [0.2, 0.25) is 0 Å². The Morgan fingerprint density at radius 1 is 1.10 bits per heavy atom. The molecule has 0 amide bonds. The minimum atomic E-state index is -3.16. The molecule has 0 N–H and O–H groups in total. The maximum atomic E-state index is 10.1. The van der Waals surface area contributed by atoms with Gasteiger partial charge < -0.3 is 0 Å². The van der Waals surface area contributed by atoms with Crippen LogP contribution in [-0.2, 0) is 7.67 Å². The molecule has 3 nitrogen and oxygen atoms in total. The molecule has 1 rings (SSSR count). The summed E-state index contributed by atoms with van der Waals surface area (Å²) in [4.78, 5) is 0. The molecule has 1 aromatic rings. The third-order valence-electron chi connectivity index (χ3n) is 0.936. The van der Waals surface area contributed by atoms with Crippen LogP contribution in [0, 0.1) is 0 Å². The molecule has 0 saturated heterocycles. The van der Waals surface area contributed by atoms with E-state index in [1.54, 1.807) is 24.3 Å². The van der Waals surface area contributed by atoms with Crippen LogP contribution in [0.25, 0.3) is 0 Å². The van der Waals surface area contributed by atoms with Gasteiger partial charge in [0.05, 0.1) is 0 Å². The third kappa shape index (κ3) is 2.17. The van der Waals surface area contributed by atoms with Crippen LogP contribution in [0.5, 0.6) is 0 Å². The fourth-order valence-corrected chi connectivity index (χ4v) is 1.19. The summed E-state index contributed by atoms with van der Waals surface area (Å²) in [6.45, 7) is 0. The number of hydrogen-bond acceptors (Lipinski definition) is 3. The number of nitrogens with zero attached hydrogens (tertiary/aromatic N) is 1. The Morgan fingerprint density at radius 3 is 2.20 bits per heavy atom. The van der Waals surface area contributed by atoms with Crippen LogP contribution in [-0.4, -0.2) is 13.6 Å². The fraction of sp³-hybridized carbons (Fsp3) is 0. The number of benzene rings is 1. The monoisotopic (exact) mass is 203 g/mol. The molecule has 0 unspecified atom stereocenters. The summed E-state index contributed by atoms with van der Waals surface area (Å²) in [5, 5.41) is 0. The maximum absolute atomic E-state index is 10.1. The second-order valence-corrected chi connectivity index (χ2v) is 2.94. The molecular weight excluding hydrogens is 197 g/mol. The average Bonchev–Trinajstić information content (AvgIpc) is 1.88. The molecule has 0 bridgehead atoms. The van der Waals surface area contributed by atoms with Gasteiger partial charge in [0.15, 0.2) is 0 Å². The van der Waals surface area contributed by atoms with Gasteiger partial charge in [-0.2, -0.15) is 0 Å². The van der Waals surface area contributed by atoms with E-state index in [1.807, 2.05) is 6.07 Å². The van der Waals surface area contributed by atoms with E-state index in [4.69, 9.17) is 0 Å². The third-order valence-corrected chi connectivity index (χ3v) is 1.69. The van der Waals surface area contributed by atoms with Crippen molar-refractivity contribution in [2.45, 2.75) is 0 Å². The van der Waals surface area contributed by atoms with Gasteiger partial charge >= 0.3 is 61.2 Å². The Morgan fingerprint density at radius 2 is 1.70 bits per heavy atom. The first-order valence-electron chi connectivity index (χ1n) is 2.65. The first-order chi connectivity index (χ1) is 4.79. The Labute approximate surface area is 61.8 Å². The summed E-state index contributed by atoms with van der Waals surface area (Å²) in [5.41, 5.74) is 0.498. The Bertz CT molecular complexity index is 320. The molecule has 0 aliphatic carbocycles. The van der Waals surface area contributed by atoms with Crippen molar-refractivity contribution in [3.63, 3.8) is 0 Å². The van der Waals surface area contributed by atoms with E-state index in [0.29, 0.717) is 5.69 Å². The van der Waals surface area contributed by atoms with Crippen molar-refractivity contribution < 1.29 is 7.67 Å². The molecular formula is C6H5NO2Se. The van der Waals surface area contributed by atoms with Gasteiger partial charge in [-0.15, -0.1) is 0 Å². The quantitative estimate of drug-likeness (QED) is 0.646. The van der Waals surface area contributed by atoms with E-state index < -0.39 is 13.6 Å². The molecule has 0 radical (unpaired) electrons. The second kappa shape index (κ2) is 3.34. The molecule has 0 atom stereocenters. The molecule has 1 aromatic carbocycles. The molecule has 0 saturated carbocycles.